The van der Waals surface area contributed by atoms with Crippen molar-refractivity contribution in [3.05, 3.63) is 34.4 Å². The Morgan fingerprint density at radius 3 is 2.63 bits per heavy atom. The molecule has 0 spiro atoms. The number of piperidine rings is 1. The number of carbonyl (C=O) groups is 1. The third-order valence-electron chi connectivity index (χ3n) is 3.10. The highest BCUT2D eigenvalue weighted by molar-refractivity contribution is 6.30. The Labute approximate surface area is 114 Å². The standard InChI is InChI=1S/C13H14ClF2NO2/c1-7(18)19-9-2-3-17-12(6-9)8-4-10(15)13(14)11(16)5-8/h4-5,9,12,17H,2-3,6H2,1H3. The van der Waals surface area contributed by atoms with E-state index in [9.17, 15) is 13.6 Å². The largest absolute Gasteiger partial charge is 0.462 e. The lowest BCUT2D eigenvalue weighted by molar-refractivity contribution is -0.147. The molecule has 0 radical (unpaired) electrons. The van der Waals surface area contributed by atoms with Crippen molar-refractivity contribution >= 4 is 17.6 Å². The zero-order valence-electron chi connectivity index (χ0n) is 10.4. The summed E-state index contributed by atoms with van der Waals surface area (Å²) in [6.45, 7) is 1.97. The van der Waals surface area contributed by atoms with Crippen molar-refractivity contribution in [1.82, 2.24) is 5.32 Å². The molecule has 2 atom stereocenters. The van der Waals surface area contributed by atoms with Gasteiger partial charge in [0.1, 0.15) is 22.8 Å². The fourth-order valence-corrected chi connectivity index (χ4v) is 2.36. The third kappa shape index (κ3) is 3.42. The molecule has 2 unspecified atom stereocenters. The molecule has 0 amide bonds. The summed E-state index contributed by atoms with van der Waals surface area (Å²) < 4.78 is 32.0. The lowest BCUT2D eigenvalue weighted by Gasteiger charge is -2.30. The van der Waals surface area contributed by atoms with Crippen LogP contribution in [0.2, 0.25) is 5.02 Å². The molecule has 6 heteroatoms. The Morgan fingerprint density at radius 1 is 1.42 bits per heavy atom. The van der Waals surface area contributed by atoms with Crippen molar-refractivity contribution in [3.63, 3.8) is 0 Å². The summed E-state index contributed by atoms with van der Waals surface area (Å²) in [7, 11) is 0. The van der Waals surface area contributed by atoms with Crippen LogP contribution in [0.4, 0.5) is 8.78 Å². The molecule has 3 nitrogen and oxygen atoms in total. The van der Waals surface area contributed by atoms with Crippen LogP contribution in [0.25, 0.3) is 0 Å². The molecule has 1 N–H and O–H groups in total. The van der Waals surface area contributed by atoms with Crippen LogP contribution in [-0.2, 0) is 9.53 Å². The van der Waals surface area contributed by atoms with Crippen molar-refractivity contribution in [2.45, 2.75) is 31.9 Å². The Bertz CT molecular complexity index is 473. The van der Waals surface area contributed by atoms with Gasteiger partial charge in [-0.05, 0) is 30.7 Å². The van der Waals surface area contributed by atoms with Gasteiger partial charge in [0.25, 0.3) is 0 Å². The van der Waals surface area contributed by atoms with Crippen LogP contribution in [0.15, 0.2) is 12.1 Å². The normalized spacial score (nSPS) is 23.2. The zero-order valence-corrected chi connectivity index (χ0v) is 11.1. The van der Waals surface area contributed by atoms with Gasteiger partial charge in [-0.1, -0.05) is 11.6 Å². The second kappa shape index (κ2) is 5.84. The van der Waals surface area contributed by atoms with Crippen LogP contribution >= 0.6 is 11.6 Å². The number of halogens is 3. The highest BCUT2D eigenvalue weighted by Crippen LogP contribution is 2.29. The minimum absolute atomic E-state index is 0.231. The lowest BCUT2D eigenvalue weighted by atomic mass is 9.95. The summed E-state index contributed by atoms with van der Waals surface area (Å²) in [5, 5.41) is 2.64. The second-order valence-corrected chi connectivity index (χ2v) is 4.94. The maximum Gasteiger partial charge on any atom is 0.302 e. The molecule has 0 bridgehead atoms. The molecule has 1 aliphatic rings. The number of rotatable bonds is 2. The van der Waals surface area contributed by atoms with Crippen LogP contribution in [0.1, 0.15) is 31.4 Å². The molecule has 104 valence electrons. The van der Waals surface area contributed by atoms with Gasteiger partial charge in [0, 0.05) is 19.4 Å². The van der Waals surface area contributed by atoms with E-state index >= 15 is 0 Å². The van der Waals surface area contributed by atoms with Gasteiger partial charge in [-0.3, -0.25) is 4.79 Å². The molecule has 1 aliphatic heterocycles. The average Bonchev–Trinajstić information content (AvgIpc) is 2.35. The lowest BCUT2D eigenvalue weighted by Crippen LogP contribution is -2.36. The maximum absolute atomic E-state index is 13.4. The topological polar surface area (TPSA) is 38.3 Å². The Kier molecular flexibility index (Phi) is 4.37. The van der Waals surface area contributed by atoms with E-state index in [1.165, 1.54) is 19.1 Å². The number of hydrogen-bond donors (Lipinski definition) is 1. The van der Waals surface area contributed by atoms with E-state index in [4.69, 9.17) is 16.3 Å². The van der Waals surface area contributed by atoms with Gasteiger partial charge < -0.3 is 10.1 Å². The summed E-state index contributed by atoms with van der Waals surface area (Å²) in [6, 6.07) is 2.16. The predicted octanol–water partition coefficient (Wildman–Crippen LogP) is 2.97. The Balaban J connectivity index is 2.15. The Hall–Kier alpha value is -1.20. The highest BCUT2D eigenvalue weighted by Gasteiger charge is 2.26. The number of ether oxygens (including phenoxy) is 1. The minimum atomic E-state index is -0.784. The first-order valence-electron chi connectivity index (χ1n) is 6.02. The molecule has 1 aromatic rings. The summed E-state index contributed by atoms with van der Waals surface area (Å²) in [4.78, 5) is 10.9. The first-order chi connectivity index (χ1) is 8.97. The number of benzene rings is 1. The molecule has 0 saturated carbocycles. The highest BCUT2D eigenvalue weighted by atomic mass is 35.5. The predicted molar refractivity (Wildman–Crippen MR) is 66.9 cm³/mol. The number of hydrogen-bond acceptors (Lipinski definition) is 3. The van der Waals surface area contributed by atoms with E-state index in [1.54, 1.807) is 0 Å². The smallest absolute Gasteiger partial charge is 0.302 e. The molecular weight excluding hydrogens is 276 g/mol. The summed E-state index contributed by atoms with van der Waals surface area (Å²) in [5.74, 6) is -1.92. The van der Waals surface area contributed by atoms with Crippen LogP contribution in [0.5, 0.6) is 0 Å². The van der Waals surface area contributed by atoms with Crippen molar-refractivity contribution in [1.29, 1.82) is 0 Å². The van der Waals surface area contributed by atoms with E-state index in [0.717, 1.165) is 0 Å². The van der Waals surface area contributed by atoms with Gasteiger partial charge in [-0.2, -0.15) is 0 Å². The van der Waals surface area contributed by atoms with E-state index in [0.29, 0.717) is 24.9 Å². The van der Waals surface area contributed by atoms with Gasteiger partial charge in [0.15, 0.2) is 0 Å². The molecule has 19 heavy (non-hydrogen) atoms. The first-order valence-corrected chi connectivity index (χ1v) is 6.40. The molecule has 2 rings (SSSR count). The van der Waals surface area contributed by atoms with Gasteiger partial charge in [0.2, 0.25) is 0 Å². The fraction of sp³-hybridized carbons (Fsp3) is 0.462. The second-order valence-electron chi connectivity index (χ2n) is 4.56. The summed E-state index contributed by atoms with van der Waals surface area (Å²) in [6.07, 6.45) is 0.944. The van der Waals surface area contributed by atoms with Gasteiger partial charge in [0.05, 0.1) is 0 Å². The van der Waals surface area contributed by atoms with Crippen LogP contribution in [-0.4, -0.2) is 18.6 Å². The third-order valence-corrected chi connectivity index (χ3v) is 3.46. The molecule has 1 aromatic carbocycles. The van der Waals surface area contributed by atoms with Crippen LogP contribution in [0, 0.1) is 11.6 Å². The van der Waals surface area contributed by atoms with Crippen LogP contribution in [0.3, 0.4) is 0 Å². The average molecular weight is 290 g/mol. The molecule has 0 aromatic heterocycles. The zero-order chi connectivity index (χ0) is 14.0. The van der Waals surface area contributed by atoms with Crippen molar-refractivity contribution in [2.24, 2.45) is 0 Å². The molecule has 1 heterocycles. The number of esters is 1. The molecule has 1 saturated heterocycles. The first kappa shape index (κ1) is 14.2. The summed E-state index contributed by atoms with van der Waals surface area (Å²) in [5.41, 5.74) is 0.469. The molecule has 1 fully saturated rings. The van der Waals surface area contributed by atoms with Gasteiger partial charge in [-0.15, -0.1) is 0 Å². The van der Waals surface area contributed by atoms with Crippen molar-refractivity contribution < 1.29 is 18.3 Å². The van der Waals surface area contributed by atoms with E-state index in [1.807, 2.05) is 0 Å². The van der Waals surface area contributed by atoms with Gasteiger partial charge in [-0.25, -0.2) is 8.78 Å². The van der Waals surface area contributed by atoms with E-state index in [-0.39, 0.29) is 18.1 Å². The fourth-order valence-electron chi connectivity index (χ4n) is 2.25. The van der Waals surface area contributed by atoms with Crippen molar-refractivity contribution in [3.8, 4) is 0 Å². The number of carbonyl (C=O) groups excluding carboxylic acids is 1. The SMILES string of the molecule is CC(=O)OC1CCNC(c2cc(F)c(Cl)c(F)c2)C1. The monoisotopic (exact) mass is 289 g/mol. The van der Waals surface area contributed by atoms with Gasteiger partial charge >= 0.3 is 5.97 Å². The Morgan fingerprint density at radius 2 is 2.05 bits per heavy atom. The maximum atomic E-state index is 13.4. The van der Waals surface area contributed by atoms with E-state index < -0.39 is 16.7 Å². The van der Waals surface area contributed by atoms with Crippen molar-refractivity contribution in [2.75, 3.05) is 6.54 Å². The minimum Gasteiger partial charge on any atom is -0.462 e. The van der Waals surface area contributed by atoms with E-state index in [2.05, 4.69) is 5.32 Å². The quantitative estimate of drug-likeness (QED) is 0.672. The summed E-state index contributed by atoms with van der Waals surface area (Å²) >= 11 is 5.45. The molecule has 0 aliphatic carbocycles. The van der Waals surface area contributed by atoms with Crippen LogP contribution < -0.4 is 5.32 Å². The number of nitrogens with one attached hydrogen (secondary N) is 1. The molecular formula is C13H14ClF2NO2.